The molecule has 0 saturated carbocycles. The van der Waals surface area contributed by atoms with Crippen molar-refractivity contribution in [3.63, 3.8) is 0 Å². The van der Waals surface area contributed by atoms with Crippen molar-refractivity contribution in [3.05, 3.63) is 175 Å². The summed E-state index contributed by atoms with van der Waals surface area (Å²) in [6.45, 7) is 0. The Hall–Kier alpha value is -6.52. The van der Waals surface area contributed by atoms with E-state index in [2.05, 4.69) is 179 Å². The summed E-state index contributed by atoms with van der Waals surface area (Å²) in [5.74, 6) is 0.999. The molecule has 2 unspecified atom stereocenters. The molecule has 0 bridgehead atoms. The lowest BCUT2D eigenvalue weighted by Crippen LogP contribution is -2.28. The largest absolute Gasteiger partial charge is 0.333 e. The van der Waals surface area contributed by atoms with E-state index in [4.69, 9.17) is 9.97 Å². The van der Waals surface area contributed by atoms with Gasteiger partial charge in [-0.1, -0.05) is 121 Å². The molecule has 0 amide bonds. The Balaban J connectivity index is 1.18. The van der Waals surface area contributed by atoms with Crippen LogP contribution in [0.2, 0.25) is 0 Å². The number of allylic oxidation sites excluding steroid dienone is 2. The van der Waals surface area contributed by atoms with Gasteiger partial charge in [0, 0.05) is 39.0 Å². The van der Waals surface area contributed by atoms with Crippen LogP contribution in [0.5, 0.6) is 0 Å². The van der Waals surface area contributed by atoms with Gasteiger partial charge in [-0.05, 0) is 75.6 Å². The van der Waals surface area contributed by atoms with Crippen molar-refractivity contribution in [2.24, 2.45) is 0 Å². The van der Waals surface area contributed by atoms with Crippen molar-refractivity contribution >= 4 is 65.6 Å². The summed E-state index contributed by atoms with van der Waals surface area (Å²) in [6, 6.07) is 52.7. The molecule has 2 aliphatic rings. The molecule has 2 atom stereocenters. The Labute approximate surface area is 288 Å². The van der Waals surface area contributed by atoms with Gasteiger partial charge in [0.2, 0.25) is 5.95 Å². The maximum atomic E-state index is 5.41. The second kappa shape index (κ2) is 10.5. The summed E-state index contributed by atoms with van der Waals surface area (Å²) < 4.78 is 2.27. The number of fused-ring (bicyclic) bond motifs is 9. The highest BCUT2D eigenvalue weighted by Crippen LogP contribution is 2.48. The summed E-state index contributed by atoms with van der Waals surface area (Å²) in [5, 5.41) is 8.22. The molecule has 7 aromatic carbocycles. The fraction of sp³-hybridized carbons (Fsp3) is 0.0435. The van der Waals surface area contributed by atoms with Crippen molar-refractivity contribution in [1.29, 1.82) is 0 Å². The first kappa shape index (κ1) is 27.4. The van der Waals surface area contributed by atoms with Crippen LogP contribution < -0.4 is 4.90 Å². The molecule has 0 fully saturated rings. The van der Waals surface area contributed by atoms with Crippen molar-refractivity contribution in [2.75, 3.05) is 4.90 Å². The first-order valence-electron chi connectivity index (χ1n) is 17.2. The lowest BCUT2D eigenvalue weighted by molar-refractivity contribution is 0.745. The van der Waals surface area contributed by atoms with Crippen LogP contribution in [0.25, 0.3) is 71.5 Å². The highest BCUT2D eigenvalue weighted by Gasteiger charge is 2.37. The number of hydrogen-bond acceptors (Lipinski definition) is 3. The van der Waals surface area contributed by atoms with Crippen LogP contribution in [0, 0.1) is 0 Å². The van der Waals surface area contributed by atoms with Gasteiger partial charge in [0.1, 0.15) is 0 Å². The van der Waals surface area contributed by atoms with Crippen LogP contribution in [0.1, 0.15) is 11.5 Å². The number of aromatic nitrogens is 3. The van der Waals surface area contributed by atoms with E-state index in [1.807, 2.05) is 0 Å². The monoisotopic (exact) mass is 638 g/mol. The molecule has 0 radical (unpaired) electrons. The van der Waals surface area contributed by atoms with E-state index in [0.29, 0.717) is 11.9 Å². The SMILES string of the molecule is C1=CC2c3ccccc3N(c3ccc4c(c3)c3cc5ccccc5cc3n4-c3nc(-c4ccc5ccccc5c4)c4ccccc4n3)C2C=C1. The minimum absolute atomic E-state index is 0.234. The average Bonchev–Trinajstić information content (AvgIpc) is 3.68. The molecule has 9 aromatic rings. The fourth-order valence-electron chi connectivity index (χ4n) is 8.37. The van der Waals surface area contributed by atoms with Gasteiger partial charge >= 0.3 is 0 Å². The van der Waals surface area contributed by atoms with Gasteiger partial charge in [0.25, 0.3) is 0 Å². The van der Waals surface area contributed by atoms with Gasteiger partial charge in [0.05, 0.1) is 28.3 Å². The van der Waals surface area contributed by atoms with Crippen LogP contribution in [0.15, 0.2) is 170 Å². The second-order valence-electron chi connectivity index (χ2n) is 13.4. The topological polar surface area (TPSA) is 34.0 Å². The molecule has 4 heteroatoms. The standard InChI is InChI=1S/C46H30N4/c1-2-12-30-25-33(22-21-29(30)11-1)45-37-17-5-8-18-40(37)47-46(48-45)50-43-24-23-34(28-39(43)38-26-31-13-3-4-14-32(31)27-44(38)50)49-41-19-9-6-15-35(41)36-16-7-10-20-42(36)49/h1-28,35,41H. The number of hydrogen-bond donors (Lipinski definition) is 0. The van der Waals surface area contributed by atoms with Crippen molar-refractivity contribution < 1.29 is 0 Å². The van der Waals surface area contributed by atoms with E-state index in [9.17, 15) is 0 Å². The Morgan fingerprint density at radius 2 is 1.22 bits per heavy atom. The Morgan fingerprint density at radius 3 is 2.12 bits per heavy atom. The van der Waals surface area contributed by atoms with Gasteiger partial charge in [0.15, 0.2) is 0 Å². The molecular weight excluding hydrogens is 609 g/mol. The van der Waals surface area contributed by atoms with E-state index in [-0.39, 0.29) is 6.04 Å². The average molecular weight is 639 g/mol. The number of anilines is 2. The van der Waals surface area contributed by atoms with Crippen LogP contribution >= 0.6 is 0 Å². The Kier molecular flexibility index (Phi) is 5.75. The molecule has 4 nitrogen and oxygen atoms in total. The quantitative estimate of drug-likeness (QED) is 0.193. The molecule has 1 aliphatic carbocycles. The first-order valence-corrected chi connectivity index (χ1v) is 17.2. The van der Waals surface area contributed by atoms with Gasteiger partial charge < -0.3 is 4.90 Å². The highest BCUT2D eigenvalue weighted by molar-refractivity contribution is 6.14. The lowest BCUT2D eigenvalue weighted by Gasteiger charge is -2.28. The Bertz CT molecular complexity index is 2910. The van der Waals surface area contributed by atoms with Crippen molar-refractivity contribution in [1.82, 2.24) is 14.5 Å². The summed E-state index contributed by atoms with van der Waals surface area (Å²) in [5.41, 5.74) is 8.93. The van der Waals surface area contributed by atoms with Crippen molar-refractivity contribution in [3.8, 4) is 17.2 Å². The highest BCUT2D eigenvalue weighted by atomic mass is 15.2. The Morgan fingerprint density at radius 1 is 0.500 bits per heavy atom. The smallest absolute Gasteiger partial charge is 0.235 e. The van der Waals surface area contributed by atoms with Gasteiger partial charge in [-0.15, -0.1) is 0 Å². The van der Waals surface area contributed by atoms with E-state index in [0.717, 1.165) is 33.2 Å². The lowest BCUT2D eigenvalue weighted by atomic mass is 9.91. The number of rotatable bonds is 3. The zero-order valence-electron chi connectivity index (χ0n) is 27.1. The van der Waals surface area contributed by atoms with Crippen LogP contribution in [-0.2, 0) is 0 Å². The van der Waals surface area contributed by atoms with Gasteiger partial charge in [-0.25, -0.2) is 9.97 Å². The van der Waals surface area contributed by atoms with Gasteiger partial charge in [-0.2, -0.15) is 0 Å². The summed E-state index contributed by atoms with van der Waals surface area (Å²) in [6.07, 6.45) is 9.03. The molecule has 3 heterocycles. The van der Waals surface area contributed by atoms with Crippen LogP contribution in [0.4, 0.5) is 11.4 Å². The maximum absolute atomic E-state index is 5.41. The zero-order chi connectivity index (χ0) is 32.8. The predicted molar refractivity (Wildman–Crippen MR) is 208 cm³/mol. The van der Waals surface area contributed by atoms with E-state index >= 15 is 0 Å². The molecular formula is C46H30N4. The molecule has 0 N–H and O–H groups in total. The minimum atomic E-state index is 0.234. The molecule has 0 saturated heterocycles. The molecule has 1 aliphatic heterocycles. The zero-order valence-corrected chi connectivity index (χ0v) is 27.1. The summed E-state index contributed by atoms with van der Waals surface area (Å²) >= 11 is 0. The fourth-order valence-corrected chi connectivity index (χ4v) is 8.37. The third-order valence-corrected chi connectivity index (χ3v) is 10.7. The maximum Gasteiger partial charge on any atom is 0.235 e. The van der Waals surface area contributed by atoms with E-state index in [1.165, 1.54) is 49.3 Å². The molecule has 0 spiro atoms. The number of para-hydroxylation sites is 2. The van der Waals surface area contributed by atoms with Crippen LogP contribution in [-0.4, -0.2) is 20.6 Å². The molecule has 234 valence electrons. The summed E-state index contributed by atoms with van der Waals surface area (Å²) in [4.78, 5) is 13.2. The normalized spacial score (nSPS) is 16.6. The van der Waals surface area contributed by atoms with Crippen molar-refractivity contribution in [2.45, 2.75) is 12.0 Å². The number of nitrogens with zero attached hydrogens (tertiary/aromatic N) is 4. The molecule has 50 heavy (non-hydrogen) atoms. The predicted octanol–water partition coefficient (Wildman–Crippen LogP) is 11.4. The van der Waals surface area contributed by atoms with E-state index < -0.39 is 0 Å². The minimum Gasteiger partial charge on any atom is -0.333 e. The molecule has 2 aromatic heterocycles. The molecule has 11 rings (SSSR count). The summed E-state index contributed by atoms with van der Waals surface area (Å²) in [7, 11) is 0. The number of benzene rings is 7. The van der Waals surface area contributed by atoms with Gasteiger partial charge in [-0.3, -0.25) is 4.57 Å². The first-order chi connectivity index (χ1) is 24.8. The third kappa shape index (κ3) is 3.99. The second-order valence-corrected chi connectivity index (χ2v) is 13.4. The van der Waals surface area contributed by atoms with E-state index in [1.54, 1.807) is 0 Å². The van der Waals surface area contributed by atoms with Crippen LogP contribution in [0.3, 0.4) is 0 Å². The third-order valence-electron chi connectivity index (χ3n) is 10.7.